The van der Waals surface area contributed by atoms with Gasteiger partial charge in [-0.05, 0) is 6.42 Å². The van der Waals surface area contributed by atoms with Crippen LogP contribution in [0.4, 0.5) is 0 Å². The average Bonchev–Trinajstić information content (AvgIpc) is 2.83. The summed E-state index contributed by atoms with van der Waals surface area (Å²) in [7, 11) is -4.67. The van der Waals surface area contributed by atoms with Crippen LogP contribution in [0.2, 0.25) is 0 Å². The Bertz CT molecular complexity index is 783. The lowest BCUT2D eigenvalue weighted by Crippen LogP contribution is -2.68. The molecule has 0 aromatic rings. The van der Waals surface area contributed by atoms with Crippen LogP contribution in [0.5, 0.6) is 0 Å². The molecule has 0 radical (unpaired) electrons. The van der Waals surface area contributed by atoms with E-state index in [1.807, 2.05) is 0 Å². The second-order valence-corrected chi connectivity index (χ2v) is 10.1. The molecule has 2 aliphatic heterocycles. The van der Waals surface area contributed by atoms with Crippen molar-refractivity contribution in [1.82, 2.24) is 0 Å². The Morgan fingerprint density at radius 1 is 0.711 bits per heavy atom. The van der Waals surface area contributed by atoms with Gasteiger partial charge in [-0.1, -0.05) is 0 Å². The molecule has 20 heteroatoms. The summed E-state index contributed by atoms with van der Waals surface area (Å²) in [6, 6.07) is -2.86. The first-order chi connectivity index (χ1) is 17.5. The van der Waals surface area contributed by atoms with Crippen LogP contribution in [0.1, 0.15) is 6.42 Å². The highest BCUT2D eigenvalue weighted by atomic mass is 32.3. The van der Waals surface area contributed by atoms with E-state index in [9.17, 15) is 35.7 Å². The van der Waals surface area contributed by atoms with Crippen molar-refractivity contribution in [2.24, 2.45) is 22.9 Å². The summed E-state index contributed by atoms with van der Waals surface area (Å²) in [6.45, 7) is -0.763. The average molecular weight is 583 g/mol. The summed E-state index contributed by atoms with van der Waals surface area (Å²) in [5.74, 6) is 0. The number of aliphatic hydroxyl groups is 7. The van der Waals surface area contributed by atoms with E-state index in [1.54, 1.807) is 0 Å². The Morgan fingerprint density at radius 2 is 1.16 bits per heavy atom. The minimum atomic E-state index is -4.67. The van der Waals surface area contributed by atoms with E-state index >= 15 is 0 Å². The van der Waals surface area contributed by atoms with Crippen molar-refractivity contribution in [3.8, 4) is 0 Å². The fraction of sp³-hybridized carbons (Fsp3) is 1.00. The quantitative estimate of drug-likeness (QED) is 0.129. The Balaban J connectivity index is 0.000000926. The fourth-order valence-corrected chi connectivity index (χ4v) is 4.40. The number of ether oxygens (including phenoxy) is 4. The maximum Gasteiger partial charge on any atom is 0.394 e. The number of nitrogens with two attached hydrogens (primary N) is 4. The first-order valence-corrected chi connectivity index (χ1v) is 12.9. The predicted octanol–water partition coefficient (Wildman–Crippen LogP) is -7.94. The predicted molar refractivity (Wildman–Crippen MR) is 122 cm³/mol. The molecule has 3 aliphatic rings. The molecule has 0 spiro atoms. The third-order valence-electron chi connectivity index (χ3n) is 6.48. The fourth-order valence-electron chi connectivity index (χ4n) is 4.40. The molecule has 1 saturated carbocycles. The van der Waals surface area contributed by atoms with Crippen molar-refractivity contribution >= 4 is 10.4 Å². The van der Waals surface area contributed by atoms with Crippen molar-refractivity contribution < 1.29 is 72.2 Å². The molecule has 17 N–H and O–H groups in total. The monoisotopic (exact) mass is 582 g/mol. The van der Waals surface area contributed by atoms with Crippen LogP contribution < -0.4 is 22.9 Å². The molecule has 2 saturated heterocycles. The lowest BCUT2D eigenvalue weighted by molar-refractivity contribution is -0.332. The number of hydrogen-bond donors (Lipinski definition) is 13. The molecule has 38 heavy (non-hydrogen) atoms. The number of hydrogen-bond acceptors (Lipinski definition) is 17. The van der Waals surface area contributed by atoms with Crippen molar-refractivity contribution in [3.63, 3.8) is 0 Å². The molecule has 226 valence electrons. The zero-order valence-corrected chi connectivity index (χ0v) is 20.8. The van der Waals surface area contributed by atoms with Gasteiger partial charge in [0.25, 0.3) is 0 Å². The Hall–Kier alpha value is -0.730. The van der Waals surface area contributed by atoms with Gasteiger partial charge in [0.15, 0.2) is 12.6 Å². The SMILES string of the molecule is NC[C@H]1O[C@H](OC2[C@@H](N)C[C@@H](N)[C@H](O[C@H]3O[C@H](CO)[C@@H](O)[C@H](N)[C@H]3O)[C@H]2O)[C@H](O)[C@@H](O)[C@@H]1O.O=S(=O)(O)O. The van der Waals surface area contributed by atoms with Crippen molar-refractivity contribution in [2.45, 2.75) is 98.2 Å². The second-order valence-electron chi connectivity index (χ2n) is 9.24. The van der Waals surface area contributed by atoms with Crippen LogP contribution in [-0.2, 0) is 29.3 Å². The first-order valence-electron chi connectivity index (χ1n) is 11.5. The first kappa shape index (κ1) is 33.5. The Labute approximate surface area is 217 Å². The van der Waals surface area contributed by atoms with Gasteiger partial charge in [0.05, 0.1) is 12.6 Å². The minimum Gasteiger partial charge on any atom is -0.394 e. The molecule has 0 aromatic carbocycles. The smallest absolute Gasteiger partial charge is 0.394 e. The van der Waals surface area contributed by atoms with Crippen LogP contribution in [-0.4, -0.2) is 158 Å². The molecule has 0 aromatic heterocycles. The molecular formula is C18H38N4O15S. The third kappa shape index (κ3) is 8.15. The summed E-state index contributed by atoms with van der Waals surface area (Å²) in [5, 5.41) is 70.9. The molecule has 3 fully saturated rings. The van der Waals surface area contributed by atoms with Gasteiger partial charge >= 0.3 is 10.4 Å². The zero-order chi connectivity index (χ0) is 29.1. The highest BCUT2D eigenvalue weighted by molar-refractivity contribution is 7.79. The summed E-state index contributed by atoms with van der Waals surface area (Å²) in [5.41, 5.74) is 23.5. The van der Waals surface area contributed by atoms with Crippen LogP contribution in [0.15, 0.2) is 0 Å². The molecule has 3 rings (SSSR count). The van der Waals surface area contributed by atoms with Gasteiger partial charge in [-0.2, -0.15) is 8.42 Å². The van der Waals surface area contributed by atoms with Crippen LogP contribution in [0, 0.1) is 0 Å². The van der Waals surface area contributed by atoms with Gasteiger partial charge in [0.2, 0.25) is 0 Å². The van der Waals surface area contributed by atoms with Gasteiger partial charge in [-0.25, -0.2) is 0 Å². The van der Waals surface area contributed by atoms with Crippen molar-refractivity contribution in [2.75, 3.05) is 13.2 Å². The molecule has 0 amide bonds. The van der Waals surface area contributed by atoms with E-state index in [0.717, 1.165) is 0 Å². The normalized spacial score (nSPS) is 48.2. The molecule has 1 aliphatic carbocycles. The second kappa shape index (κ2) is 13.8. The highest BCUT2D eigenvalue weighted by Crippen LogP contribution is 2.31. The van der Waals surface area contributed by atoms with Crippen molar-refractivity contribution in [3.05, 3.63) is 0 Å². The minimum absolute atomic E-state index is 0.0849. The van der Waals surface area contributed by atoms with E-state index in [0.29, 0.717) is 0 Å². The van der Waals surface area contributed by atoms with Crippen LogP contribution in [0.25, 0.3) is 0 Å². The number of aliphatic hydroxyl groups excluding tert-OH is 7. The number of rotatable bonds is 6. The topological polar surface area (TPSA) is 357 Å². The van der Waals surface area contributed by atoms with Gasteiger partial charge in [0, 0.05) is 18.6 Å². The molecular weight excluding hydrogens is 544 g/mol. The maximum atomic E-state index is 10.9. The van der Waals surface area contributed by atoms with Gasteiger partial charge in [0.1, 0.15) is 61.0 Å². The lowest BCUT2D eigenvalue weighted by Gasteiger charge is -2.48. The van der Waals surface area contributed by atoms with E-state index in [4.69, 9.17) is 59.4 Å². The van der Waals surface area contributed by atoms with Crippen molar-refractivity contribution in [1.29, 1.82) is 0 Å². The Kier molecular flexibility index (Phi) is 12.1. The zero-order valence-electron chi connectivity index (χ0n) is 20.0. The summed E-state index contributed by atoms with van der Waals surface area (Å²) >= 11 is 0. The summed E-state index contributed by atoms with van der Waals surface area (Å²) in [6.07, 6.45) is -16.5. The largest absolute Gasteiger partial charge is 0.394 e. The van der Waals surface area contributed by atoms with E-state index in [-0.39, 0.29) is 13.0 Å². The highest BCUT2D eigenvalue weighted by Gasteiger charge is 2.51. The summed E-state index contributed by atoms with van der Waals surface area (Å²) < 4.78 is 53.8. The van der Waals surface area contributed by atoms with Gasteiger partial charge in [-0.15, -0.1) is 0 Å². The van der Waals surface area contributed by atoms with Crippen LogP contribution >= 0.6 is 0 Å². The molecule has 15 atom stereocenters. The standard InChI is InChI=1S/C18H36N4O11.H2O4S/c19-2-6-10(25)12(27)13(28)18(30-6)33-16-5(21)1-4(20)15(14(16)29)32-17-11(26)8(22)9(24)7(3-23)31-17;1-5(2,3)4/h4-18,23-29H,1-3,19-22H2;(H2,1,2,3,4)/t4-,5+,6-,7-,8+,9-,10-,11-,12+,13-,14-,15+,16?,17-,18-;/m1./s1. The maximum absolute atomic E-state index is 10.9. The molecule has 2 heterocycles. The Morgan fingerprint density at radius 3 is 1.61 bits per heavy atom. The molecule has 1 unspecified atom stereocenters. The van der Waals surface area contributed by atoms with E-state index < -0.39 is 109 Å². The van der Waals surface area contributed by atoms with Gasteiger partial charge < -0.3 is 77.6 Å². The van der Waals surface area contributed by atoms with Crippen LogP contribution in [0.3, 0.4) is 0 Å². The molecule has 19 nitrogen and oxygen atoms in total. The summed E-state index contributed by atoms with van der Waals surface area (Å²) in [4.78, 5) is 0. The third-order valence-corrected chi connectivity index (χ3v) is 6.48. The van der Waals surface area contributed by atoms with E-state index in [2.05, 4.69) is 0 Å². The van der Waals surface area contributed by atoms with E-state index in [1.165, 1.54) is 0 Å². The van der Waals surface area contributed by atoms with Gasteiger partial charge in [-0.3, -0.25) is 9.11 Å². The molecule has 0 bridgehead atoms. The lowest BCUT2D eigenvalue weighted by atomic mass is 9.84.